The van der Waals surface area contributed by atoms with Crippen molar-refractivity contribution in [1.82, 2.24) is 14.5 Å². The lowest BCUT2D eigenvalue weighted by Crippen LogP contribution is -2.49. The van der Waals surface area contributed by atoms with Crippen molar-refractivity contribution in [2.24, 2.45) is 5.92 Å². The van der Waals surface area contributed by atoms with Crippen molar-refractivity contribution in [3.63, 3.8) is 0 Å². The van der Waals surface area contributed by atoms with Crippen LogP contribution in [0.3, 0.4) is 0 Å². The first-order valence-corrected chi connectivity index (χ1v) is 13.1. The lowest BCUT2D eigenvalue weighted by atomic mass is 9.95. The molecule has 0 radical (unpaired) electrons. The number of halogens is 1. The normalized spacial score (nSPS) is 19.1. The van der Waals surface area contributed by atoms with Crippen molar-refractivity contribution in [2.45, 2.75) is 36.6 Å². The van der Waals surface area contributed by atoms with Crippen LogP contribution >= 0.6 is 11.3 Å². The summed E-state index contributed by atoms with van der Waals surface area (Å²) >= 11 is 1.48. The number of carbonyl (C=O) groups is 2. The Morgan fingerprint density at radius 2 is 1.69 bits per heavy atom. The van der Waals surface area contributed by atoms with E-state index in [0.29, 0.717) is 44.3 Å². The van der Waals surface area contributed by atoms with Gasteiger partial charge in [0.05, 0.1) is 0 Å². The number of carbonyl (C=O) groups excluding carboxylic acids is 2. The molecule has 0 atom stereocenters. The minimum absolute atomic E-state index is 0.0375. The Kier molecular flexibility index (Phi) is 6.92. The summed E-state index contributed by atoms with van der Waals surface area (Å²) in [6.45, 7) is 1.53. The molecule has 0 spiro atoms. The summed E-state index contributed by atoms with van der Waals surface area (Å²) < 4.78 is 40.8. The van der Waals surface area contributed by atoms with Crippen LogP contribution in [0.5, 0.6) is 0 Å². The van der Waals surface area contributed by atoms with Gasteiger partial charge in [-0.2, -0.15) is 15.6 Å². The third kappa shape index (κ3) is 4.87. The van der Waals surface area contributed by atoms with Crippen molar-refractivity contribution in [1.29, 1.82) is 0 Å². The van der Waals surface area contributed by atoms with Crippen molar-refractivity contribution < 1.29 is 22.4 Å². The number of thiophene rings is 1. The second-order valence-corrected chi connectivity index (χ2v) is 10.9. The summed E-state index contributed by atoms with van der Waals surface area (Å²) in [6.07, 6.45) is 2.23. The zero-order chi connectivity index (χ0) is 22.7. The van der Waals surface area contributed by atoms with Crippen LogP contribution in [0.4, 0.5) is 4.39 Å². The van der Waals surface area contributed by atoms with E-state index in [1.807, 2.05) is 15.7 Å². The largest absolute Gasteiger partial charge is 0.349 e. The van der Waals surface area contributed by atoms with Crippen LogP contribution in [0.1, 0.15) is 36.0 Å². The third-order valence-electron chi connectivity index (χ3n) is 6.18. The minimum Gasteiger partial charge on any atom is -0.349 e. The maximum atomic E-state index is 14.0. The first-order valence-electron chi connectivity index (χ1n) is 10.7. The number of hydrogen-bond donors (Lipinski definition) is 1. The van der Waals surface area contributed by atoms with Crippen molar-refractivity contribution in [2.75, 3.05) is 26.2 Å². The molecule has 1 aromatic heterocycles. The van der Waals surface area contributed by atoms with Crippen molar-refractivity contribution >= 4 is 33.2 Å². The minimum atomic E-state index is -3.91. The van der Waals surface area contributed by atoms with Gasteiger partial charge in [0.25, 0.3) is 5.91 Å². The molecule has 0 bridgehead atoms. The number of rotatable bonds is 5. The third-order valence-corrected chi connectivity index (χ3v) is 8.80. The lowest BCUT2D eigenvalue weighted by molar-refractivity contribution is -0.137. The molecule has 1 aromatic carbocycles. The van der Waals surface area contributed by atoms with E-state index in [2.05, 4.69) is 5.32 Å². The van der Waals surface area contributed by atoms with E-state index >= 15 is 0 Å². The quantitative estimate of drug-likeness (QED) is 0.715. The Balaban J connectivity index is 1.27. The average molecular weight is 480 g/mol. The number of likely N-dealkylation sites (tertiary alicyclic amines) is 1. The molecule has 32 heavy (non-hydrogen) atoms. The van der Waals surface area contributed by atoms with E-state index in [4.69, 9.17) is 0 Å². The molecule has 0 aliphatic carbocycles. The molecule has 2 fully saturated rings. The second kappa shape index (κ2) is 9.68. The van der Waals surface area contributed by atoms with Gasteiger partial charge in [-0.05, 0) is 49.3 Å². The molecule has 2 aromatic rings. The van der Waals surface area contributed by atoms with Crippen LogP contribution in [0.2, 0.25) is 0 Å². The van der Waals surface area contributed by atoms with Gasteiger partial charge in [-0.3, -0.25) is 9.59 Å². The van der Waals surface area contributed by atoms with Gasteiger partial charge in [0.1, 0.15) is 10.7 Å². The highest BCUT2D eigenvalue weighted by molar-refractivity contribution is 7.89. The molecule has 2 aliphatic rings. The van der Waals surface area contributed by atoms with Gasteiger partial charge < -0.3 is 10.2 Å². The number of hydrogen-bond acceptors (Lipinski definition) is 5. The first kappa shape index (κ1) is 22.9. The van der Waals surface area contributed by atoms with Crippen LogP contribution in [0, 0.1) is 11.7 Å². The Bertz CT molecular complexity index is 1060. The molecule has 1 N–H and O–H groups in total. The Hall–Kier alpha value is -2.30. The fourth-order valence-corrected chi connectivity index (χ4v) is 6.47. The number of piperidine rings is 2. The predicted molar refractivity (Wildman–Crippen MR) is 119 cm³/mol. The Morgan fingerprint density at radius 1 is 1.00 bits per heavy atom. The lowest BCUT2D eigenvalue weighted by Gasteiger charge is -2.37. The molecule has 0 saturated carbocycles. The van der Waals surface area contributed by atoms with E-state index in [1.54, 1.807) is 6.07 Å². The molecule has 0 unspecified atom stereocenters. The van der Waals surface area contributed by atoms with E-state index < -0.39 is 15.8 Å². The Morgan fingerprint density at radius 3 is 2.31 bits per heavy atom. The topological polar surface area (TPSA) is 86.8 Å². The van der Waals surface area contributed by atoms with Gasteiger partial charge in [0.15, 0.2) is 0 Å². The fraction of sp³-hybridized carbons (Fsp3) is 0.455. The SMILES string of the molecule is O=C(NC1CCN(C(=O)C2CCN(S(=O)(=O)c3ccccc3F)CC2)CC1)c1ccsc1. The summed E-state index contributed by atoms with van der Waals surface area (Å²) in [5, 5.41) is 6.70. The van der Waals surface area contributed by atoms with Gasteiger partial charge in [0.2, 0.25) is 15.9 Å². The molecular formula is C22H26FN3O4S2. The summed E-state index contributed by atoms with van der Waals surface area (Å²) in [7, 11) is -3.91. The molecule has 2 amide bonds. The van der Waals surface area contributed by atoms with Gasteiger partial charge in [-0.1, -0.05) is 12.1 Å². The van der Waals surface area contributed by atoms with Crippen LogP contribution in [0.15, 0.2) is 46.0 Å². The number of amides is 2. The van der Waals surface area contributed by atoms with Gasteiger partial charge in [-0.25, -0.2) is 12.8 Å². The highest BCUT2D eigenvalue weighted by atomic mass is 32.2. The molecule has 10 heteroatoms. The molecule has 3 heterocycles. The predicted octanol–water partition coefficient (Wildman–Crippen LogP) is 2.71. The van der Waals surface area contributed by atoms with E-state index in [1.165, 1.54) is 33.8 Å². The van der Waals surface area contributed by atoms with Crippen LogP contribution in [-0.2, 0) is 14.8 Å². The summed E-state index contributed by atoms with van der Waals surface area (Å²) in [5.74, 6) is -1.05. The van der Waals surface area contributed by atoms with Crippen molar-refractivity contribution in [3.8, 4) is 0 Å². The van der Waals surface area contributed by atoms with Gasteiger partial charge in [0, 0.05) is 49.1 Å². The summed E-state index contributed by atoms with van der Waals surface area (Å²) in [5.41, 5.74) is 0.658. The molecule has 2 saturated heterocycles. The molecular weight excluding hydrogens is 453 g/mol. The molecule has 2 aliphatic heterocycles. The monoisotopic (exact) mass is 479 g/mol. The maximum absolute atomic E-state index is 14.0. The number of sulfonamides is 1. The van der Waals surface area contributed by atoms with E-state index in [9.17, 15) is 22.4 Å². The first-order chi connectivity index (χ1) is 15.4. The zero-order valence-corrected chi connectivity index (χ0v) is 19.2. The highest BCUT2D eigenvalue weighted by Gasteiger charge is 2.35. The molecule has 172 valence electrons. The van der Waals surface area contributed by atoms with Crippen molar-refractivity contribution in [3.05, 3.63) is 52.5 Å². The second-order valence-electron chi connectivity index (χ2n) is 8.19. The standard InChI is InChI=1S/C22H26FN3O4S2/c23-19-3-1-2-4-20(19)32(29,30)26-12-5-16(6-13-26)22(28)25-10-7-18(8-11-25)24-21(27)17-9-14-31-15-17/h1-4,9,14-16,18H,5-8,10-13H2,(H,24,27). The molecule has 4 rings (SSSR count). The van der Waals surface area contributed by atoms with Gasteiger partial charge in [-0.15, -0.1) is 0 Å². The number of nitrogens with one attached hydrogen (secondary N) is 1. The average Bonchev–Trinajstić information content (AvgIpc) is 3.35. The smallest absolute Gasteiger partial charge is 0.252 e. The maximum Gasteiger partial charge on any atom is 0.252 e. The number of benzene rings is 1. The summed E-state index contributed by atoms with van der Waals surface area (Å²) in [4.78, 5) is 26.7. The van der Waals surface area contributed by atoms with Crippen LogP contribution in [0.25, 0.3) is 0 Å². The van der Waals surface area contributed by atoms with Gasteiger partial charge >= 0.3 is 0 Å². The van der Waals surface area contributed by atoms with E-state index in [0.717, 1.165) is 6.07 Å². The fourth-order valence-electron chi connectivity index (χ4n) is 4.30. The summed E-state index contributed by atoms with van der Waals surface area (Å²) in [6, 6.07) is 7.18. The van der Waals surface area contributed by atoms with E-state index in [-0.39, 0.29) is 41.8 Å². The Labute approximate surface area is 191 Å². The molecule has 7 nitrogen and oxygen atoms in total. The zero-order valence-electron chi connectivity index (χ0n) is 17.6. The van der Waals surface area contributed by atoms with Crippen LogP contribution in [-0.4, -0.2) is 61.7 Å². The highest BCUT2D eigenvalue weighted by Crippen LogP contribution is 2.27. The van der Waals surface area contributed by atoms with Crippen LogP contribution < -0.4 is 5.32 Å². The number of nitrogens with zero attached hydrogens (tertiary/aromatic N) is 2.